The van der Waals surface area contributed by atoms with Crippen molar-refractivity contribution < 1.29 is 14.3 Å². The number of ether oxygens (including phenoxy) is 1. The van der Waals surface area contributed by atoms with Crippen molar-refractivity contribution in [3.63, 3.8) is 0 Å². The van der Waals surface area contributed by atoms with Gasteiger partial charge in [-0.15, -0.1) is 0 Å². The molecule has 1 rings (SSSR count). The second-order valence-corrected chi connectivity index (χ2v) is 3.01. The van der Waals surface area contributed by atoms with Crippen LogP contribution >= 0.6 is 0 Å². The molecule has 14 heavy (non-hydrogen) atoms. The van der Waals surface area contributed by atoms with Gasteiger partial charge < -0.3 is 4.74 Å². The van der Waals surface area contributed by atoms with Crippen LogP contribution in [0.4, 0.5) is 0 Å². The molecule has 0 fully saturated rings. The van der Waals surface area contributed by atoms with Crippen molar-refractivity contribution in [3.8, 4) is 0 Å². The highest BCUT2D eigenvalue weighted by Gasteiger charge is 2.03. The predicted molar refractivity (Wildman–Crippen MR) is 52.2 cm³/mol. The Morgan fingerprint density at radius 3 is 2.21 bits per heavy atom. The van der Waals surface area contributed by atoms with Crippen LogP contribution in [0.1, 0.15) is 22.8 Å². The number of ketones is 1. The molecule has 0 aliphatic carbocycles. The third kappa shape index (κ3) is 2.69. The lowest BCUT2D eigenvalue weighted by molar-refractivity contribution is -0.139. The fraction of sp³-hybridized carbons (Fsp3) is 0.273. The smallest absolute Gasteiger partial charge is 0.309 e. The second-order valence-electron chi connectivity index (χ2n) is 3.01. The van der Waals surface area contributed by atoms with E-state index in [0.717, 1.165) is 5.56 Å². The Bertz CT molecular complexity index is 338. The molecule has 0 aromatic heterocycles. The topological polar surface area (TPSA) is 43.4 Å². The van der Waals surface area contributed by atoms with Gasteiger partial charge in [-0.2, -0.15) is 0 Å². The molecule has 1 aromatic rings. The maximum Gasteiger partial charge on any atom is 0.309 e. The van der Waals surface area contributed by atoms with Crippen LogP contribution in [-0.4, -0.2) is 18.9 Å². The van der Waals surface area contributed by atoms with Crippen molar-refractivity contribution in [2.75, 3.05) is 7.11 Å². The van der Waals surface area contributed by atoms with Crippen LogP contribution < -0.4 is 0 Å². The van der Waals surface area contributed by atoms with Crippen LogP contribution in [0.3, 0.4) is 0 Å². The summed E-state index contributed by atoms with van der Waals surface area (Å²) in [7, 11) is 1.35. The van der Waals surface area contributed by atoms with E-state index in [-0.39, 0.29) is 18.2 Å². The molecule has 0 aliphatic rings. The number of rotatable bonds is 3. The number of carbonyl (C=O) groups excluding carboxylic acids is 2. The van der Waals surface area contributed by atoms with Crippen molar-refractivity contribution in [1.29, 1.82) is 0 Å². The summed E-state index contributed by atoms with van der Waals surface area (Å²) < 4.78 is 4.53. The van der Waals surface area contributed by atoms with Crippen LogP contribution in [-0.2, 0) is 16.0 Å². The summed E-state index contributed by atoms with van der Waals surface area (Å²) in [5.41, 5.74) is 1.50. The first kappa shape index (κ1) is 10.4. The van der Waals surface area contributed by atoms with Crippen LogP contribution in [0, 0.1) is 0 Å². The fourth-order valence-corrected chi connectivity index (χ4v) is 1.10. The van der Waals surface area contributed by atoms with Gasteiger partial charge in [0.2, 0.25) is 0 Å². The van der Waals surface area contributed by atoms with Crippen molar-refractivity contribution in [1.82, 2.24) is 0 Å². The Morgan fingerprint density at radius 1 is 1.21 bits per heavy atom. The Balaban J connectivity index is 2.73. The summed E-state index contributed by atoms with van der Waals surface area (Å²) in [6.45, 7) is 1.51. The molecule has 0 atom stereocenters. The van der Waals surface area contributed by atoms with E-state index in [1.54, 1.807) is 24.3 Å². The van der Waals surface area contributed by atoms with Gasteiger partial charge in [-0.25, -0.2) is 0 Å². The van der Waals surface area contributed by atoms with Gasteiger partial charge in [-0.05, 0) is 12.5 Å². The molecule has 0 saturated heterocycles. The Morgan fingerprint density at radius 2 is 1.79 bits per heavy atom. The molecule has 0 saturated carbocycles. The van der Waals surface area contributed by atoms with Crippen LogP contribution in [0.25, 0.3) is 0 Å². The van der Waals surface area contributed by atoms with E-state index in [4.69, 9.17) is 0 Å². The van der Waals surface area contributed by atoms with E-state index in [1.165, 1.54) is 14.0 Å². The molecule has 3 nitrogen and oxygen atoms in total. The molecule has 1 aromatic carbocycles. The highest BCUT2D eigenvalue weighted by molar-refractivity contribution is 5.94. The number of methoxy groups -OCH3 is 1. The average molecular weight is 192 g/mol. The van der Waals surface area contributed by atoms with Gasteiger partial charge in [0, 0.05) is 5.56 Å². The summed E-state index contributed by atoms with van der Waals surface area (Å²) >= 11 is 0. The lowest BCUT2D eigenvalue weighted by Gasteiger charge is -2.00. The lowest BCUT2D eigenvalue weighted by atomic mass is 10.1. The minimum Gasteiger partial charge on any atom is -0.469 e. The zero-order valence-corrected chi connectivity index (χ0v) is 8.24. The standard InChI is InChI=1S/C11H12O3/c1-8(12)10-5-3-9(4-6-10)7-11(13)14-2/h3-6H,7H2,1-2H3. The monoisotopic (exact) mass is 192 g/mol. The minimum absolute atomic E-state index is 0.0228. The number of esters is 1. The van der Waals surface area contributed by atoms with E-state index >= 15 is 0 Å². The van der Waals surface area contributed by atoms with Crippen LogP contribution in [0.2, 0.25) is 0 Å². The first-order valence-corrected chi connectivity index (χ1v) is 4.30. The zero-order chi connectivity index (χ0) is 10.6. The highest BCUT2D eigenvalue weighted by atomic mass is 16.5. The lowest BCUT2D eigenvalue weighted by Crippen LogP contribution is -2.04. The summed E-state index contributed by atoms with van der Waals surface area (Å²) in [6, 6.07) is 6.93. The largest absolute Gasteiger partial charge is 0.469 e. The summed E-state index contributed by atoms with van der Waals surface area (Å²) in [5.74, 6) is -0.254. The molecule has 0 aliphatic heterocycles. The number of carbonyl (C=O) groups is 2. The molecule has 3 heteroatoms. The Kier molecular flexibility index (Phi) is 3.40. The number of Topliss-reactive ketones (excluding diaryl/α,β-unsaturated/α-hetero) is 1. The molecule has 0 bridgehead atoms. The van der Waals surface area contributed by atoms with E-state index in [9.17, 15) is 9.59 Å². The molecule has 0 radical (unpaired) electrons. The zero-order valence-electron chi connectivity index (χ0n) is 8.24. The maximum atomic E-state index is 10.9. The molecular formula is C11H12O3. The van der Waals surface area contributed by atoms with E-state index in [0.29, 0.717) is 5.56 Å². The molecule has 0 spiro atoms. The normalized spacial score (nSPS) is 9.57. The fourth-order valence-electron chi connectivity index (χ4n) is 1.10. The van der Waals surface area contributed by atoms with Gasteiger partial charge >= 0.3 is 5.97 Å². The number of hydrogen-bond acceptors (Lipinski definition) is 3. The molecule has 0 N–H and O–H groups in total. The van der Waals surface area contributed by atoms with Crippen molar-refractivity contribution in [2.45, 2.75) is 13.3 Å². The first-order chi connectivity index (χ1) is 6.63. The third-order valence-corrected chi connectivity index (χ3v) is 1.94. The summed E-state index contributed by atoms with van der Waals surface area (Å²) in [4.78, 5) is 21.9. The van der Waals surface area contributed by atoms with E-state index < -0.39 is 0 Å². The van der Waals surface area contributed by atoms with Gasteiger partial charge in [-0.1, -0.05) is 24.3 Å². The molecular weight excluding hydrogens is 180 g/mol. The summed E-state index contributed by atoms with van der Waals surface area (Å²) in [6.07, 6.45) is 0.245. The average Bonchev–Trinajstić information content (AvgIpc) is 2.18. The van der Waals surface area contributed by atoms with Crippen LogP contribution in [0.15, 0.2) is 24.3 Å². The second kappa shape index (κ2) is 4.56. The predicted octanol–water partition coefficient (Wildman–Crippen LogP) is 1.60. The summed E-state index contributed by atoms with van der Waals surface area (Å²) in [5, 5.41) is 0. The highest BCUT2D eigenvalue weighted by Crippen LogP contribution is 2.06. The van der Waals surface area contributed by atoms with Gasteiger partial charge in [0.15, 0.2) is 5.78 Å². The Labute approximate surface area is 82.7 Å². The van der Waals surface area contributed by atoms with Gasteiger partial charge in [0.1, 0.15) is 0 Å². The van der Waals surface area contributed by atoms with Crippen molar-refractivity contribution in [2.24, 2.45) is 0 Å². The van der Waals surface area contributed by atoms with E-state index in [1.807, 2.05) is 0 Å². The van der Waals surface area contributed by atoms with Gasteiger partial charge in [0.25, 0.3) is 0 Å². The first-order valence-electron chi connectivity index (χ1n) is 4.30. The van der Waals surface area contributed by atoms with Crippen molar-refractivity contribution >= 4 is 11.8 Å². The third-order valence-electron chi connectivity index (χ3n) is 1.94. The maximum absolute atomic E-state index is 10.9. The Hall–Kier alpha value is -1.64. The van der Waals surface area contributed by atoms with Crippen LogP contribution in [0.5, 0.6) is 0 Å². The van der Waals surface area contributed by atoms with Crippen molar-refractivity contribution in [3.05, 3.63) is 35.4 Å². The molecule has 0 unspecified atom stereocenters. The van der Waals surface area contributed by atoms with E-state index in [2.05, 4.69) is 4.74 Å². The molecule has 0 amide bonds. The SMILES string of the molecule is COC(=O)Cc1ccc(C(C)=O)cc1. The quantitative estimate of drug-likeness (QED) is 0.539. The van der Waals surface area contributed by atoms with Gasteiger partial charge in [0.05, 0.1) is 13.5 Å². The minimum atomic E-state index is -0.277. The molecule has 74 valence electrons. The molecule has 0 heterocycles. The van der Waals surface area contributed by atoms with Gasteiger partial charge in [-0.3, -0.25) is 9.59 Å². The number of hydrogen-bond donors (Lipinski definition) is 0. The number of benzene rings is 1.